The third-order valence-electron chi connectivity index (χ3n) is 8.24. The van der Waals surface area contributed by atoms with Gasteiger partial charge in [-0.2, -0.15) is 0 Å². The van der Waals surface area contributed by atoms with Crippen LogP contribution in [-0.2, 0) is 16.2 Å². The van der Waals surface area contributed by atoms with Crippen molar-refractivity contribution in [2.45, 2.75) is 81.8 Å². The van der Waals surface area contributed by atoms with E-state index >= 15 is 0 Å². The summed E-state index contributed by atoms with van der Waals surface area (Å²) in [5.74, 6) is -0.106. The summed E-state index contributed by atoms with van der Waals surface area (Å²) in [5.41, 5.74) is 1.66. The summed E-state index contributed by atoms with van der Waals surface area (Å²) in [6.45, 7) is -0.335. The number of carbonyl (C=O) groups is 2. The van der Waals surface area contributed by atoms with Crippen molar-refractivity contribution in [3.63, 3.8) is 0 Å². The number of hydrogen-bond acceptors (Lipinski definition) is 7. The van der Waals surface area contributed by atoms with Crippen LogP contribution in [0.3, 0.4) is 0 Å². The number of ether oxygens (including phenoxy) is 2. The highest BCUT2D eigenvalue weighted by Gasteiger charge is 2.53. The molecule has 0 bridgehead atoms. The molecule has 4 unspecified atom stereocenters. The second-order valence-corrected chi connectivity index (χ2v) is 10.3. The number of nitrogens with one attached hydrogen (secondary N) is 1. The van der Waals surface area contributed by atoms with Gasteiger partial charge >= 0.3 is 0 Å². The van der Waals surface area contributed by atoms with E-state index in [-0.39, 0.29) is 43.5 Å². The predicted molar refractivity (Wildman–Crippen MR) is 130 cm³/mol. The second-order valence-electron chi connectivity index (χ2n) is 10.3. The monoisotopic (exact) mass is 500 g/mol. The first-order valence-electron chi connectivity index (χ1n) is 13.1. The van der Waals surface area contributed by atoms with Gasteiger partial charge in [-0.3, -0.25) is 9.59 Å². The Morgan fingerprint density at radius 2 is 1.89 bits per heavy atom. The Labute approximate surface area is 211 Å². The van der Waals surface area contributed by atoms with Crippen LogP contribution in [0.2, 0.25) is 0 Å². The second kappa shape index (κ2) is 10.4. The molecular formula is C27H36N2O7. The SMILES string of the molecule is COc1cc(CO)cc2c1OC1C2C(C(=O)NCCO)=CC(N(C(=O)C2CCC2)C2CCCC2)C1O. The third-order valence-corrected chi connectivity index (χ3v) is 8.24. The molecule has 4 aliphatic rings. The van der Waals surface area contributed by atoms with Gasteiger partial charge in [-0.05, 0) is 49.5 Å². The van der Waals surface area contributed by atoms with Crippen LogP contribution in [0.15, 0.2) is 23.8 Å². The molecule has 4 N–H and O–H groups in total. The predicted octanol–water partition coefficient (Wildman–Crippen LogP) is 1.38. The van der Waals surface area contributed by atoms with E-state index in [9.17, 15) is 24.9 Å². The first kappa shape index (κ1) is 25.0. The smallest absolute Gasteiger partial charge is 0.247 e. The normalized spacial score (nSPS) is 27.4. The number of methoxy groups -OCH3 is 1. The average molecular weight is 501 g/mol. The maximum Gasteiger partial charge on any atom is 0.247 e. The summed E-state index contributed by atoms with van der Waals surface area (Å²) in [4.78, 5) is 28.9. The molecule has 0 saturated heterocycles. The van der Waals surface area contributed by atoms with Crippen LogP contribution in [0.5, 0.6) is 11.5 Å². The van der Waals surface area contributed by atoms with Gasteiger partial charge in [-0.25, -0.2) is 0 Å². The highest BCUT2D eigenvalue weighted by Crippen LogP contribution is 2.52. The maximum atomic E-state index is 13.7. The van der Waals surface area contributed by atoms with Gasteiger partial charge in [0.15, 0.2) is 11.5 Å². The van der Waals surface area contributed by atoms with E-state index in [4.69, 9.17) is 9.47 Å². The number of aliphatic hydroxyl groups is 3. The molecule has 1 aromatic rings. The lowest BCUT2D eigenvalue weighted by Crippen LogP contribution is -2.59. The minimum Gasteiger partial charge on any atom is -0.493 e. The van der Waals surface area contributed by atoms with E-state index in [1.54, 1.807) is 18.2 Å². The molecule has 4 atom stereocenters. The summed E-state index contributed by atoms with van der Waals surface area (Å²) < 4.78 is 11.8. The van der Waals surface area contributed by atoms with Crippen molar-refractivity contribution in [3.05, 3.63) is 34.9 Å². The zero-order valence-electron chi connectivity index (χ0n) is 20.7. The lowest BCUT2D eigenvalue weighted by Gasteiger charge is -2.45. The standard InChI is InChI=1S/C27H36N2O7/c1-35-21-12-15(14-31)11-18-22-19(26(33)28-9-10-30)13-20(23(32)25(22)36-24(18)21)29(17-7-2-3-8-17)27(34)16-5-4-6-16/h11-13,16-17,20,22-23,25,30-32H,2-10,14H2,1H3,(H,28,33). The van der Waals surface area contributed by atoms with Gasteiger partial charge in [-0.1, -0.05) is 19.3 Å². The number of aliphatic hydroxyl groups excluding tert-OH is 3. The minimum atomic E-state index is -1.05. The molecule has 1 aliphatic heterocycles. The van der Waals surface area contributed by atoms with Crippen molar-refractivity contribution in [3.8, 4) is 11.5 Å². The minimum absolute atomic E-state index is 0.0200. The quantitative estimate of drug-likeness (QED) is 0.425. The van der Waals surface area contributed by atoms with Crippen LogP contribution < -0.4 is 14.8 Å². The van der Waals surface area contributed by atoms with Crippen molar-refractivity contribution in [2.75, 3.05) is 20.3 Å². The zero-order chi connectivity index (χ0) is 25.4. The van der Waals surface area contributed by atoms with Crippen molar-refractivity contribution >= 4 is 11.8 Å². The van der Waals surface area contributed by atoms with E-state index in [2.05, 4.69) is 5.32 Å². The number of rotatable bonds is 8. The number of hydrogen-bond donors (Lipinski definition) is 4. The molecule has 2 amide bonds. The van der Waals surface area contributed by atoms with Crippen LogP contribution in [0, 0.1) is 5.92 Å². The van der Waals surface area contributed by atoms with Gasteiger partial charge in [-0.15, -0.1) is 0 Å². The Hall–Kier alpha value is -2.62. The zero-order valence-corrected chi connectivity index (χ0v) is 20.7. The van der Waals surface area contributed by atoms with E-state index < -0.39 is 24.2 Å². The molecule has 9 nitrogen and oxygen atoms in total. The molecule has 2 saturated carbocycles. The molecule has 2 fully saturated rings. The van der Waals surface area contributed by atoms with E-state index in [0.717, 1.165) is 44.9 Å². The van der Waals surface area contributed by atoms with Gasteiger partial charge in [0.1, 0.15) is 12.2 Å². The van der Waals surface area contributed by atoms with Crippen LogP contribution in [0.4, 0.5) is 0 Å². The highest BCUT2D eigenvalue weighted by atomic mass is 16.5. The van der Waals surface area contributed by atoms with Crippen molar-refractivity contribution in [1.29, 1.82) is 0 Å². The van der Waals surface area contributed by atoms with Crippen LogP contribution in [0.25, 0.3) is 0 Å². The van der Waals surface area contributed by atoms with E-state index in [0.29, 0.717) is 28.2 Å². The molecule has 3 aliphatic carbocycles. The fourth-order valence-electron chi connectivity index (χ4n) is 6.21. The van der Waals surface area contributed by atoms with Crippen LogP contribution in [-0.4, -0.2) is 76.6 Å². The maximum absolute atomic E-state index is 13.7. The van der Waals surface area contributed by atoms with Crippen molar-refractivity contribution in [1.82, 2.24) is 10.2 Å². The topological polar surface area (TPSA) is 129 Å². The molecule has 196 valence electrons. The van der Waals surface area contributed by atoms with Gasteiger partial charge in [0.2, 0.25) is 11.8 Å². The number of benzene rings is 1. The molecule has 0 spiro atoms. The molecule has 0 aromatic heterocycles. The first-order chi connectivity index (χ1) is 17.5. The number of amides is 2. The first-order valence-corrected chi connectivity index (χ1v) is 13.1. The lowest BCUT2D eigenvalue weighted by molar-refractivity contribution is -0.147. The van der Waals surface area contributed by atoms with E-state index in [1.807, 2.05) is 4.90 Å². The lowest BCUT2D eigenvalue weighted by atomic mass is 9.76. The molecule has 0 radical (unpaired) electrons. The number of fused-ring (bicyclic) bond motifs is 3. The number of carbonyl (C=O) groups excluding carboxylic acids is 2. The summed E-state index contributed by atoms with van der Waals surface area (Å²) >= 11 is 0. The Morgan fingerprint density at radius 3 is 2.50 bits per heavy atom. The molecule has 36 heavy (non-hydrogen) atoms. The molecule has 1 heterocycles. The third kappa shape index (κ3) is 4.27. The number of nitrogens with zero attached hydrogens (tertiary/aromatic N) is 1. The molecule has 9 heteroatoms. The van der Waals surface area contributed by atoms with Gasteiger partial charge in [0, 0.05) is 29.6 Å². The Kier molecular flexibility index (Phi) is 7.23. The summed E-state index contributed by atoms with van der Waals surface area (Å²) in [7, 11) is 1.51. The van der Waals surface area contributed by atoms with Crippen molar-refractivity contribution in [2.24, 2.45) is 5.92 Å². The van der Waals surface area contributed by atoms with Gasteiger partial charge < -0.3 is 35.0 Å². The largest absolute Gasteiger partial charge is 0.493 e. The fourth-order valence-corrected chi connectivity index (χ4v) is 6.21. The van der Waals surface area contributed by atoms with E-state index in [1.165, 1.54) is 7.11 Å². The Bertz CT molecular complexity index is 1030. The van der Waals surface area contributed by atoms with Crippen molar-refractivity contribution < 1.29 is 34.4 Å². The van der Waals surface area contributed by atoms with Gasteiger partial charge in [0.05, 0.1) is 32.3 Å². The van der Waals surface area contributed by atoms with Gasteiger partial charge in [0.25, 0.3) is 0 Å². The Morgan fingerprint density at radius 1 is 1.14 bits per heavy atom. The van der Waals surface area contributed by atoms with Crippen LogP contribution >= 0.6 is 0 Å². The average Bonchev–Trinajstić information content (AvgIpc) is 3.51. The molecule has 1 aromatic carbocycles. The summed E-state index contributed by atoms with van der Waals surface area (Å²) in [6.07, 6.45) is 6.45. The highest BCUT2D eigenvalue weighted by molar-refractivity contribution is 5.96. The Balaban J connectivity index is 1.59. The van der Waals surface area contributed by atoms with Crippen LogP contribution in [0.1, 0.15) is 62.0 Å². The molecular weight excluding hydrogens is 464 g/mol. The summed E-state index contributed by atoms with van der Waals surface area (Å²) in [6, 6.07) is 2.78. The summed E-state index contributed by atoms with van der Waals surface area (Å²) in [5, 5.41) is 33.5. The molecule has 5 rings (SSSR count). The fraction of sp³-hybridized carbons (Fsp3) is 0.630.